The predicted molar refractivity (Wildman–Crippen MR) is 183 cm³/mol. The third-order valence-corrected chi connectivity index (χ3v) is 7.47. The van der Waals surface area contributed by atoms with Gasteiger partial charge in [0, 0.05) is 10.8 Å². The Morgan fingerprint density at radius 2 is 0.907 bits per heavy atom. The van der Waals surface area contributed by atoms with Gasteiger partial charge < -0.3 is 4.42 Å². The van der Waals surface area contributed by atoms with Crippen LogP contribution in [-0.4, -0.2) is 0 Å². The Bertz CT molecular complexity index is 3520. The van der Waals surface area contributed by atoms with Crippen LogP contribution in [0.1, 0.15) is 27.4 Å². The van der Waals surface area contributed by atoms with Gasteiger partial charge in [-0.15, -0.1) is 0 Å². The molecule has 0 bridgehead atoms. The van der Waals surface area contributed by atoms with Crippen LogP contribution in [0.25, 0.3) is 87.6 Å². The lowest BCUT2D eigenvalue weighted by molar-refractivity contribution is 0.669. The van der Waals surface area contributed by atoms with Crippen LogP contribution in [0.5, 0.6) is 0 Å². The van der Waals surface area contributed by atoms with Crippen molar-refractivity contribution in [3.63, 3.8) is 0 Å². The lowest BCUT2D eigenvalue weighted by Crippen LogP contribution is -1.92. The zero-order valence-electron chi connectivity index (χ0n) is 41.9. The average Bonchev–Trinajstić information content (AvgIpc) is 3.69. The van der Waals surface area contributed by atoms with Gasteiger partial charge in [-0.25, -0.2) is 0 Å². The molecule has 0 fully saturated rings. The zero-order valence-corrected chi connectivity index (χ0v) is 21.9. The predicted octanol–water partition coefficient (Wildman–Crippen LogP) is 12.0. The molecule has 1 heteroatoms. The van der Waals surface area contributed by atoms with Crippen molar-refractivity contribution in [3.05, 3.63) is 157 Å². The number of furan rings is 1. The molecule has 0 aliphatic carbocycles. The fourth-order valence-corrected chi connectivity index (χ4v) is 5.69. The van der Waals surface area contributed by atoms with Gasteiger partial charge in [-0.05, 0) is 83.8 Å². The van der Waals surface area contributed by atoms with E-state index in [1.807, 2.05) is 0 Å². The molecule has 0 saturated carbocycles. The second-order valence-corrected chi connectivity index (χ2v) is 9.72. The van der Waals surface area contributed by atoms with Crippen molar-refractivity contribution in [1.82, 2.24) is 0 Å². The zero-order chi connectivity index (χ0) is 45.7. The number of rotatable bonds is 3. The molecular weight excluding hydrogens is 520 g/mol. The first-order valence-corrected chi connectivity index (χ1v) is 13.1. The molecule has 0 atom stereocenters. The van der Waals surface area contributed by atoms with E-state index in [1.54, 1.807) is 24.3 Å². The summed E-state index contributed by atoms with van der Waals surface area (Å²) >= 11 is 0. The highest BCUT2D eigenvalue weighted by Gasteiger charge is 2.19. The summed E-state index contributed by atoms with van der Waals surface area (Å²) in [5.74, 6) is 0. The van der Waals surface area contributed by atoms with Gasteiger partial charge in [0.25, 0.3) is 0 Å². The lowest BCUT2D eigenvalue weighted by atomic mass is 9.84. The van der Waals surface area contributed by atoms with Crippen LogP contribution in [-0.2, 0) is 0 Å². The molecule has 0 unspecified atom stereocenters. The number of para-hydroxylation sites is 1. The number of hydrogen-bond donors (Lipinski definition) is 0. The topological polar surface area (TPSA) is 13.1 Å². The SMILES string of the molecule is [2H]c1c([2H])c([2H])c(-c2c3c([2H])c([2H])c([2H])c([2H])c3c(-c3ccc(-c4c([2H])c([2H])c5oc6c([2H])c([2H])c([2H])c([2H])c6c5c4[2H])c4ccccc34)c3c([2H])c([2H])c([2H])c([2H])c23)c([2H])c1[2H]. The Morgan fingerprint density at radius 3 is 1.60 bits per heavy atom. The van der Waals surface area contributed by atoms with Crippen LogP contribution < -0.4 is 0 Å². The van der Waals surface area contributed by atoms with E-state index >= 15 is 0 Å². The molecule has 0 radical (unpaired) electrons. The van der Waals surface area contributed by atoms with E-state index in [0.717, 1.165) is 0 Å². The normalized spacial score (nSPS) is 18.2. The quantitative estimate of drug-likeness (QED) is 0.194. The third kappa shape index (κ3) is 3.65. The highest BCUT2D eigenvalue weighted by atomic mass is 16.3. The van der Waals surface area contributed by atoms with E-state index in [-0.39, 0.29) is 71.1 Å². The van der Waals surface area contributed by atoms with Gasteiger partial charge >= 0.3 is 0 Å². The Labute approximate surface area is 277 Å². The summed E-state index contributed by atoms with van der Waals surface area (Å²) in [6.45, 7) is 0. The largest absolute Gasteiger partial charge is 0.456 e. The minimum absolute atomic E-state index is 0.122. The molecule has 0 spiro atoms. The van der Waals surface area contributed by atoms with Gasteiger partial charge in [0.2, 0.25) is 0 Å². The van der Waals surface area contributed by atoms with Gasteiger partial charge in [-0.1, -0.05) is 139 Å². The van der Waals surface area contributed by atoms with Crippen molar-refractivity contribution in [2.45, 2.75) is 0 Å². The first kappa shape index (κ1) is 11.6. The van der Waals surface area contributed by atoms with E-state index in [0.29, 0.717) is 5.39 Å². The molecule has 43 heavy (non-hydrogen) atoms. The first-order chi connectivity index (χ1) is 29.7. The van der Waals surface area contributed by atoms with Crippen LogP contribution >= 0.6 is 0 Å². The smallest absolute Gasteiger partial charge is 0.135 e. The second-order valence-electron chi connectivity index (χ2n) is 9.72. The van der Waals surface area contributed by atoms with Crippen molar-refractivity contribution >= 4 is 54.3 Å². The molecule has 1 aromatic heterocycles. The Kier molecular flexibility index (Phi) is 2.54. The summed E-state index contributed by atoms with van der Waals surface area (Å²) in [5, 5.41) is -1.08. The molecule has 8 aromatic carbocycles. The van der Waals surface area contributed by atoms with Crippen LogP contribution in [0.15, 0.2) is 162 Å². The minimum Gasteiger partial charge on any atom is -0.456 e. The van der Waals surface area contributed by atoms with Crippen molar-refractivity contribution in [1.29, 1.82) is 0 Å². The van der Waals surface area contributed by atoms with Crippen molar-refractivity contribution in [3.8, 4) is 33.4 Å². The summed E-state index contributed by atoms with van der Waals surface area (Å²) in [6.07, 6.45) is 0. The van der Waals surface area contributed by atoms with E-state index in [4.69, 9.17) is 25.0 Å². The van der Waals surface area contributed by atoms with Crippen molar-refractivity contribution in [2.24, 2.45) is 0 Å². The van der Waals surface area contributed by atoms with Crippen LogP contribution in [0, 0.1) is 0 Å². The molecule has 9 rings (SSSR count). The van der Waals surface area contributed by atoms with Crippen molar-refractivity contribution in [2.75, 3.05) is 0 Å². The van der Waals surface area contributed by atoms with Crippen molar-refractivity contribution < 1.29 is 31.8 Å². The first-order valence-electron chi connectivity index (χ1n) is 23.1. The molecule has 9 aromatic rings. The third-order valence-electron chi connectivity index (χ3n) is 7.47. The lowest BCUT2D eigenvalue weighted by Gasteiger charge is -2.19. The maximum Gasteiger partial charge on any atom is 0.135 e. The summed E-state index contributed by atoms with van der Waals surface area (Å²) in [6, 6.07) is -3.92. The van der Waals surface area contributed by atoms with Gasteiger partial charge in [0.15, 0.2) is 0 Å². The van der Waals surface area contributed by atoms with Gasteiger partial charge in [0.1, 0.15) is 11.2 Å². The van der Waals surface area contributed by atoms with E-state index in [9.17, 15) is 6.85 Å². The number of benzene rings is 8. The fraction of sp³-hybridized carbons (Fsp3) is 0. The summed E-state index contributed by atoms with van der Waals surface area (Å²) in [7, 11) is 0. The van der Waals surface area contributed by atoms with Gasteiger partial charge in [-0.3, -0.25) is 0 Å². The van der Waals surface area contributed by atoms with Gasteiger partial charge in [-0.2, -0.15) is 0 Å². The summed E-state index contributed by atoms with van der Waals surface area (Å²) in [5.41, 5.74) is -1.50. The fourth-order valence-electron chi connectivity index (χ4n) is 5.69. The average molecular weight is 567 g/mol. The second kappa shape index (κ2) is 9.44. The van der Waals surface area contributed by atoms with Crippen LogP contribution in [0.3, 0.4) is 0 Å². The summed E-state index contributed by atoms with van der Waals surface area (Å²) < 4.78 is 182. The Morgan fingerprint density at radius 1 is 0.372 bits per heavy atom. The molecule has 200 valence electrons. The Hall–Kier alpha value is -5.66. The van der Waals surface area contributed by atoms with Gasteiger partial charge in [0.05, 0.1) is 27.4 Å². The summed E-state index contributed by atoms with van der Waals surface area (Å²) in [4.78, 5) is 0. The molecule has 1 heterocycles. The number of fused-ring (bicyclic) bond motifs is 6. The van der Waals surface area contributed by atoms with E-state index < -0.39 is 132 Å². The standard InChI is InChI=1S/C42H26O/c1-2-12-27(13-3-1)41-33-17-6-8-19-35(33)42(36-20-9-7-18-34(36)41)37-24-23-29(30-14-4-5-15-31(30)37)28-22-25-40-38(26-28)32-16-10-11-21-39(32)43-40/h1-26H/i1D,2D,3D,6D,7D,8D,9D,10D,11D,12D,13D,16D,17D,18D,19D,20D,21D,22D,25D,26D. The highest BCUT2D eigenvalue weighted by molar-refractivity contribution is 6.24. The van der Waals surface area contributed by atoms with E-state index in [2.05, 4.69) is 0 Å². The molecule has 0 aliphatic rings. The Balaban J connectivity index is 1.50. The van der Waals surface area contributed by atoms with E-state index in [1.165, 1.54) is 12.1 Å². The molecule has 0 amide bonds. The molecule has 0 aliphatic heterocycles. The number of hydrogen-bond acceptors (Lipinski definition) is 1. The minimum atomic E-state index is -0.792. The highest BCUT2D eigenvalue weighted by Crippen LogP contribution is 2.46. The maximum atomic E-state index is 9.43. The molecule has 1 nitrogen and oxygen atoms in total. The molecule has 0 N–H and O–H groups in total. The maximum absolute atomic E-state index is 9.43. The molecular formula is C42H26O. The monoisotopic (exact) mass is 566 g/mol. The van der Waals surface area contributed by atoms with Crippen LogP contribution in [0.4, 0.5) is 0 Å². The molecule has 0 saturated heterocycles. The van der Waals surface area contributed by atoms with Crippen LogP contribution in [0.2, 0.25) is 0 Å².